The molecule has 0 radical (unpaired) electrons. The number of hydrogen-bond acceptors (Lipinski definition) is 4. The van der Waals surface area contributed by atoms with Gasteiger partial charge in [0.25, 0.3) is 0 Å². The number of rotatable bonds is 8. The Morgan fingerprint density at radius 3 is 2.46 bits per heavy atom. The van der Waals surface area contributed by atoms with E-state index in [1.54, 1.807) is 0 Å². The van der Waals surface area contributed by atoms with Gasteiger partial charge in [0.1, 0.15) is 0 Å². The summed E-state index contributed by atoms with van der Waals surface area (Å²) in [5.41, 5.74) is 0.264. The van der Waals surface area contributed by atoms with Crippen molar-refractivity contribution < 1.29 is 9.47 Å². The number of hydrogen-bond donors (Lipinski definition) is 2. The molecule has 2 aliphatic rings. The third-order valence-electron chi connectivity index (χ3n) is 5.34. The summed E-state index contributed by atoms with van der Waals surface area (Å²) in [5, 5.41) is 7.01. The first-order valence-corrected chi connectivity index (χ1v) is 10.1. The molecule has 2 fully saturated rings. The predicted molar refractivity (Wildman–Crippen MR) is 119 cm³/mol. The Balaban J connectivity index is 0.00000338. The molecular weight excluding hydrogens is 443 g/mol. The summed E-state index contributed by atoms with van der Waals surface area (Å²) in [4.78, 5) is 7.05. The van der Waals surface area contributed by atoms with E-state index in [1.165, 1.54) is 32.1 Å². The summed E-state index contributed by atoms with van der Waals surface area (Å²) in [7, 11) is 1.85. The Morgan fingerprint density at radius 2 is 1.85 bits per heavy atom. The van der Waals surface area contributed by atoms with Gasteiger partial charge in [-0.2, -0.15) is 0 Å². The molecule has 1 heterocycles. The van der Waals surface area contributed by atoms with E-state index >= 15 is 0 Å². The van der Waals surface area contributed by atoms with Crippen molar-refractivity contribution in [3.63, 3.8) is 0 Å². The van der Waals surface area contributed by atoms with Gasteiger partial charge in [-0.3, -0.25) is 9.89 Å². The first-order chi connectivity index (χ1) is 12.2. The zero-order chi connectivity index (χ0) is 18.0. The van der Waals surface area contributed by atoms with Crippen molar-refractivity contribution >= 4 is 29.9 Å². The number of aliphatic imine (C=N–C) groups is 1. The number of guanidine groups is 1. The highest BCUT2D eigenvalue weighted by atomic mass is 127. The summed E-state index contributed by atoms with van der Waals surface area (Å²) >= 11 is 0. The van der Waals surface area contributed by atoms with Crippen LogP contribution in [-0.4, -0.2) is 75.5 Å². The molecule has 1 saturated carbocycles. The van der Waals surface area contributed by atoms with Gasteiger partial charge >= 0.3 is 0 Å². The van der Waals surface area contributed by atoms with Gasteiger partial charge in [0.15, 0.2) is 5.96 Å². The number of halogens is 1. The molecule has 0 spiro atoms. The Hall–Kier alpha value is -0.120. The van der Waals surface area contributed by atoms with Crippen LogP contribution in [0.1, 0.15) is 52.4 Å². The third-order valence-corrected chi connectivity index (χ3v) is 5.34. The van der Waals surface area contributed by atoms with Crippen molar-refractivity contribution in [2.75, 3.05) is 53.0 Å². The highest BCUT2D eigenvalue weighted by Crippen LogP contribution is 2.33. The van der Waals surface area contributed by atoms with Crippen molar-refractivity contribution in [1.82, 2.24) is 15.5 Å². The van der Waals surface area contributed by atoms with Crippen molar-refractivity contribution in [3.8, 4) is 0 Å². The van der Waals surface area contributed by atoms with E-state index in [0.29, 0.717) is 6.10 Å². The normalized spacial score (nSPS) is 21.3. The molecule has 0 bridgehead atoms. The standard InChI is InChI=1S/C19H38N4O2.HI/c1-17(2)25-13-7-10-21-18(20-3)22-16-19(8-5-4-6-9-19)23-11-14-24-15-12-23;/h17H,4-16H2,1-3H3,(H2,20,21,22);1H. The average molecular weight is 482 g/mol. The summed E-state index contributed by atoms with van der Waals surface area (Å²) < 4.78 is 11.2. The minimum Gasteiger partial charge on any atom is -0.379 e. The molecule has 0 aromatic heterocycles. The zero-order valence-electron chi connectivity index (χ0n) is 16.9. The van der Waals surface area contributed by atoms with E-state index in [2.05, 4.69) is 34.4 Å². The van der Waals surface area contributed by atoms with E-state index in [0.717, 1.165) is 58.4 Å². The fourth-order valence-corrected chi connectivity index (χ4v) is 3.92. The lowest BCUT2D eigenvalue weighted by atomic mass is 9.80. The van der Waals surface area contributed by atoms with Crippen molar-refractivity contribution in [2.24, 2.45) is 4.99 Å². The SMILES string of the molecule is CN=C(NCCCOC(C)C)NCC1(N2CCOCC2)CCCCC1.I. The average Bonchev–Trinajstić information content (AvgIpc) is 2.65. The first kappa shape index (κ1) is 23.9. The molecule has 2 N–H and O–H groups in total. The first-order valence-electron chi connectivity index (χ1n) is 10.1. The maximum atomic E-state index is 5.59. The number of morpholine rings is 1. The van der Waals surface area contributed by atoms with Crippen LogP contribution in [0.5, 0.6) is 0 Å². The van der Waals surface area contributed by atoms with Crippen LogP contribution in [0.4, 0.5) is 0 Å². The van der Waals surface area contributed by atoms with E-state index in [1.807, 2.05) is 7.05 Å². The molecule has 154 valence electrons. The molecular formula is C19H39IN4O2. The maximum Gasteiger partial charge on any atom is 0.191 e. The van der Waals surface area contributed by atoms with E-state index < -0.39 is 0 Å². The van der Waals surface area contributed by atoms with Crippen molar-refractivity contribution in [2.45, 2.75) is 64.0 Å². The van der Waals surface area contributed by atoms with Crippen LogP contribution in [0.2, 0.25) is 0 Å². The van der Waals surface area contributed by atoms with Crippen LogP contribution < -0.4 is 10.6 Å². The largest absolute Gasteiger partial charge is 0.379 e. The molecule has 0 amide bonds. The zero-order valence-corrected chi connectivity index (χ0v) is 19.2. The Kier molecular flexibility index (Phi) is 12.1. The molecule has 0 unspecified atom stereocenters. The maximum absolute atomic E-state index is 5.59. The minimum absolute atomic E-state index is 0. The number of nitrogens with one attached hydrogen (secondary N) is 2. The van der Waals surface area contributed by atoms with Gasteiger partial charge < -0.3 is 20.1 Å². The Labute approximate surface area is 176 Å². The molecule has 0 aromatic rings. The van der Waals surface area contributed by atoms with E-state index in [9.17, 15) is 0 Å². The second kappa shape index (κ2) is 13.1. The molecule has 0 aromatic carbocycles. The van der Waals surface area contributed by atoms with Gasteiger partial charge in [-0.05, 0) is 33.1 Å². The van der Waals surface area contributed by atoms with Crippen LogP contribution in [0.25, 0.3) is 0 Å². The predicted octanol–water partition coefficient (Wildman–Crippen LogP) is 2.62. The summed E-state index contributed by atoms with van der Waals surface area (Å²) in [5.74, 6) is 0.905. The topological polar surface area (TPSA) is 58.1 Å². The monoisotopic (exact) mass is 482 g/mol. The van der Waals surface area contributed by atoms with Crippen LogP contribution in [0.3, 0.4) is 0 Å². The van der Waals surface area contributed by atoms with Crippen LogP contribution in [-0.2, 0) is 9.47 Å². The summed E-state index contributed by atoms with van der Waals surface area (Å²) in [6.07, 6.45) is 7.88. The van der Waals surface area contributed by atoms with Crippen LogP contribution in [0, 0.1) is 0 Å². The molecule has 6 nitrogen and oxygen atoms in total. The van der Waals surface area contributed by atoms with Crippen molar-refractivity contribution in [3.05, 3.63) is 0 Å². The second-order valence-corrected chi connectivity index (χ2v) is 7.51. The highest BCUT2D eigenvalue weighted by Gasteiger charge is 2.38. The third kappa shape index (κ3) is 7.86. The van der Waals surface area contributed by atoms with Crippen LogP contribution >= 0.6 is 24.0 Å². The van der Waals surface area contributed by atoms with Gasteiger partial charge in [-0.1, -0.05) is 19.3 Å². The quantitative estimate of drug-likeness (QED) is 0.241. The molecule has 1 aliphatic carbocycles. The molecule has 7 heteroatoms. The number of ether oxygens (including phenoxy) is 2. The van der Waals surface area contributed by atoms with E-state index in [-0.39, 0.29) is 29.5 Å². The number of nitrogens with zero attached hydrogens (tertiary/aromatic N) is 2. The minimum atomic E-state index is 0. The van der Waals surface area contributed by atoms with Gasteiger partial charge in [0.2, 0.25) is 0 Å². The molecule has 2 rings (SSSR count). The van der Waals surface area contributed by atoms with E-state index in [4.69, 9.17) is 9.47 Å². The van der Waals surface area contributed by atoms with Crippen molar-refractivity contribution in [1.29, 1.82) is 0 Å². The Morgan fingerprint density at radius 1 is 1.15 bits per heavy atom. The fraction of sp³-hybridized carbons (Fsp3) is 0.947. The summed E-state index contributed by atoms with van der Waals surface area (Å²) in [6.45, 7) is 10.6. The fourth-order valence-electron chi connectivity index (χ4n) is 3.92. The lowest BCUT2D eigenvalue weighted by Crippen LogP contribution is -2.60. The second-order valence-electron chi connectivity index (χ2n) is 7.51. The lowest BCUT2D eigenvalue weighted by Gasteiger charge is -2.48. The molecule has 26 heavy (non-hydrogen) atoms. The van der Waals surface area contributed by atoms with Gasteiger partial charge in [0.05, 0.1) is 19.3 Å². The van der Waals surface area contributed by atoms with Gasteiger partial charge in [-0.25, -0.2) is 0 Å². The molecule has 1 saturated heterocycles. The molecule has 1 aliphatic heterocycles. The molecule has 0 atom stereocenters. The highest BCUT2D eigenvalue weighted by molar-refractivity contribution is 14.0. The van der Waals surface area contributed by atoms with Gasteiger partial charge in [0, 0.05) is 45.4 Å². The smallest absolute Gasteiger partial charge is 0.191 e. The Bertz CT molecular complexity index is 395. The summed E-state index contributed by atoms with van der Waals surface area (Å²) in [6, 6.07) is 0. The van der Waals surface area contributed by atoms with Crippen LogP contribution in [0.15, 0.2) is 4.99 Å². The van der Waals surface area contributed by atoms with Gasteiger partial charge in [-0.15, -0.1) is 24.0 Å². The lowest BCUT2D eigenvalue weighted by molar-refractivity contribution is -0.0352.